The fraction of sp³-hybridized carbons (Fsp3) is 0.280. The Morgan fingerprint density at radius 2 is 1.79 bits per heavy atom. The van der Waals surface area contributed by atoms with Crippen LogP contribution in [0.15, 0.2) is 73.2 Å². The van der Waals surface area contributed by atoms with Crippen molar-refractivity contribution in [2.24, 2.45) is 5.92 Å². The van der Waals surface area contributed by atoms with Crippen molar-refractivity contribution in [2.45, 2.75) is 13.3 Å². The second kappa shape index (κ2) is 12.2. The third-order valence-corrected chi connectivity index (χ3v) is 4.93. The number of esters is 1. The lowest BCUT2D eigenvalue weighted by molar-refractivity contribution is -0.150. The van der Waals surface area contributed by atoms with Crippen LogP contribution >= 0.6 is 0 Å². The number of pyridine rings is 2. The summed E-state index contributed by atoms with van der Waals surface area (Å²) in [5, 5.41) is 2.75. The van der Waals surface area contributed by atoms with Crippen molar-refractivity contribution >= 4 is 23.4 Å². The molecule has 172 valence electrons. The molecule has 0 bridgehead atoms. The minimum atomic E-state index is -0.961. The summed E-state index contributed by atoms with van der Waals surface area (Å²) in [4.78, 5) is 35.4. The lowest BCUT2D eigenvalue weighted by atomic mass is 9.98. The number of carbonyl (C=O) groups is 2. The van der Waals surface area contributed by atoms with Gasteiger partial charge in [-0.1, -0.05) is 18.2 Å². The van der Waals surface area contributed by atoms with Gasteiger partial charge in [-0.3, -0.25) is 14.6 Å². The van der Waals surface area contributed by atoms with Gasteiger partial charge in [0.05, 0.1) is 13.2 Å². The third-order valence-electron chi connectivity index (χ3n) is 4.93. The van der Waals surface area contributed by atoms with E-state index in [9.17, 15) is 9.59 Å². The number of amides is 1. The van der Waals surface area contributed by atoms with Gasteiger partial charge in [-0.25, -0.2) is 4.98 Å². The molecule has 1 amide bonds. The summed E-state index contributed by atoms with van der Waals surface area (Å²) in [7, 11) is 1.96. The van der Waals surface area contributed by atoms with E-state index in [0.717, 1.165) is 11.4 Å². The third kappa shape index (κ3) is 7.31. The first-order valence-corrected chi connectivity index (χ1v) is 10.8. The van der Waals surface area contributed by atoms with Gasteiger partial charge < -0.3 is 19.7 Å². The minimum absolute atomic E-state index is 0.206. The van der Waals surface area contributed by atoms with Gasteiger partial charge in [-0.05, 0) is 55.3 Å². The topological polar surface area (TPSA) is 93.7 Å². The van der Waals surface area contributed by atoms with E-state index in [-0.39, 0.29) is 13.0 Å². The molecule has 3 aromatic rings. The van der Waals surface area contributed by atoms with Gasteiger partial charge in [-0.2, -0.15) is 0 Å². The van der Waals surface area contributed by atoms with Gasteiger partial charge in [0.2, 0.25) is 5.91 Å². The second-order valence-corrected chi connectivity index (χ2v) is 7.34. The quantitative estimate of drug-likeness (QED) is 0.355. The molecule has 33 heavy (non-hydrogen) atoms. The molecule has 1 unspecified atom stereocenters. The summed E-state index contributed by atoms with van der Waals surface area (Å²) < 4.78 is 10.9. The Labute approximate surface area is 193 Å². The molecular weight excluding hydrogens is 420 g/mol. The predicted molar refractivity (Wildman–Crippen MR) is 126 cm³/mol. The van der Waals surface area contributed by atoms with E-state index in [0.29, 0.717) is 24.6 Å². The molecule has 3 rings (SSSR count). The first kappa shape index (κ1) is 23.7. The van der Waals surface area contributed by atoms with E-state index in [4.69, 9.17) is 9.47 Å². The van der Waals surface area contributed by atoms with Crippen molar-refractivity contribution in [3.63, 3.8) is 0 Å². The number of hydrogen-bond acceptors (Lipinski definition) is 7. The lowest BCUT2D eigenvalue weighted by Gasteiger charge is -2.18. The molecule has 0 radical (unpaired) electrons. The molecule has 0 aliphatic heterocycles. The summed E-state index contributed by atoms with van der Waals surface area (Å²) >= 11 is 0. The van der Waals surface area contributed by atoms with Crippen LogP contribution < -0.4 is 15.0 Å². The summed E-state index contributed by atoms with van der Waals surface area (Å²) in [5.74, 6) is -0.343. The molecule has 0 aliphatic rings. The Hall–Kier alpha value is -3.94. The van der Waals surface area contributed by atoms with Crippen LogP contribution in [-0.2, 0) is 20.7 Å². The average molecular weight is 449 g/mol. The predicted octanol–water partition coefficient (Wildman–Crippen LogP) is 3.35. The summed E-state index contributed by atoms with van der Waals surface area (Å²) in [6.07, 6.45) is 5.12. The first-order chi connectivity index (χ1) is 16.1. The SMILES string of the molecule is CCOC(=O)C(Cc1ccc(OCCN(C)c2ccccn2)cc1)C(=O)Nc1ccncc1. The van der Waals surface area contributed by atoms with Gasteiger partial charge in [0, 0.05) is 31.3 Å². The van der Waals surface area contributed by atoms with Crippen LogP contribution in [0, 0.1) is 5.92 Å². The zero-order valence-electron chi connectivity index (χ0n) is 18.8. The molecule has 0 saturated carbocycles. The van der Waals surface area contributed by atoms with Crippen LogP contribution in [0.5, 0.6) is 5.75 Å². The Morgan fingerprint density at radius 1 is 1.03 bits per heavy atom. The number of nitrogens with one attached hydrogen (secondary N) is 1. The number of rotatable bonds is 11. The van der Waals surface area contributed by atoms with Crippen LogP contribution in [0.3, 0.4) is 0 Å². The van der Waals surface area contributed by atoms with Crippen molar-refractivity contribution in [3.05, 3.63) is 78.8 Å². The number of ether oxygens (including phenoxy) is 2. The average Bonchev–Trinajstić information content (AvgIpc) is 2.84. The number of likely N-dealkylation sites (N-methyl/N-ethyl adjacent to an activating group) is 1. The molecule has 0 aliphatic carbocycles. The highest BCUT2D eigenvalue weighted by molar-refractivity contribution is 6.04. The minimum Gasteiger partial charge on any atom is -0.492 e. The summed E-state index contributed by atoms with van der Waals surface area (Å²) in [5.41, 5.74) is 1.40. The Balaban J connectivity index is 1.56. The molecular formula is C25H28N4O4. The molecule has 1 atom stereocenters. The molecule has 0 fully saturated rings. The van der Waals surface area contributed by atoms with Crippen LogP contribution in [0.4, 0.5) is 11.5 Å². The van der Waals surface area contributed by atoms with E-state index < -0.39 is 17.8 Å². The van der Waals surface area contributed by atoms with Gasteiger partial charge in [0.15, 0.2) is 0 Å². The summed E-state index contributed by atoms with van der Waals surface area (Å²) in [6, 6.07) is 16.5. The highest BCUT2D eigenvalue weighted by atomic mass is 16.5. The Kier molecular flexibility index (Phi) is 8.76. The maximum Gasteiger partial charge on any atom is 0.318 e. The molecule has 0 saturated heterocycles. The lowest BCUT2D eigenvalue weighted by Crippen LogP contribution is -2.33. The highest BCUT2D eigenvalue weighted by Crippen LogP contribution is 2.18. The van der Waals surface area contributed by atoms with E-state index in [1.165, 1.54) is 0 Å². The van der Waals surface area contributed by atoms with Crippen molar-refractivity contribution in [2.75, 3.05) is 37.0 Å². The number of aromatic nitrogens is 2. The largest absolute Gasteiger partial charge is 0.492 e. The summed E-state index contributed by atoms with van der Waals surface area (Å²) in [6.45, 7) is 3.09. The van der Waals surface area contributed by atoms with Gasteiger partial charge in [-0.15, -0.1) is 0 Å². The number of anilines is 2. The number of benzene rings is 1. The highest BCUT2D eigenvalue weighted by Gasteiger charge is 2.28. The van der Waals surface area contributed by atoms with Crippen LogP contribution in [-0.4, -0.2) is 48.7 Å². The van der Waals surface area contributed by atoms with Gasteiger partial charge in [0.1, 0.15) is 24.1 Å². The standard InChI is InChI=1S/C25H28N4O4/c1-3-32-25(31)22(24(30)28-20-11-14-26-15-12-20)18-19-7-9-21(10-8-19)33-17-16-29(2)23-6-4-5-13-27-23/h4-15,22H,3,16-18H2,1-2H3,(H,26,28,30). The zero-order valence-corrected chi connectivity index (χ0v) is 18.8. The molecule has 8 nitrogen and oxygen atoms in total. The van der Waals surface area contributed by atoms with Gasteiger partial charge in [0.25, 0.3) is 0 Å². The normalized spacial score (nSPS) is 11.3. The number of hydrogen-bond donors (Lipinski definition) is 1. The van der Waals surface area contributed by atoms with Crippen LogP contribution in [0.2, 0.25) is 0 Å². The zero-order chi connectivity index (χ0) is 23.5. The fourth-order valence-corrected chi connectivity index (χ4v) is 3.14. The monoisotopic (exact) mass is 448 g/mol. The Morgan fingerprint density at radius 3 is 2.45 bits per heavy atom. The van der Waals surface area contributed by atoms with Crippen molar-refractivity contribution in [1.82, 2.24) is 9.97 Å². The molecule has 1 N–H and O–H groups in total. The molecule has 1 aromatic carbocycles. The smallest absolute Gasteiger partial charge is 0.318 e. The molecule has 2 aromatic heterocycles. The van der Waals surface area contributed by atoms with E-state index in [1.807, 2.05) is 54.4 Å². The second-order valence-electron chi connectivity index (χ2n) is 7.34. The first-order valence-electron chi connectivity index (χ1n) is 10.8. The molecule has 0 spiro atoms. The van der Waals surface area contributed by atoms with E-state index >= 15 is 0 Å². The van der Waals surface area contributed by atoms with Crippen molar-refractivity contribution < 1.29 is 19.1 Å². The fourth-order valence-electron chi connectivity index (χ4n) is 3.14. The number of nitrogens with zero attached hydrogens (tertiary/aromatic N) is 3. The van der Waals surface area contributed by atoms with Crippen molar-refractivity contribution in [3.8, 4) is 5.75 Å². The maximum absolute atomic E-state index is 12.8. The van der Waals surface area contributed by atoms with Crippen LogP contribution in [0.1, 0.15) is 12.5 Å². The maximum atomic E-state index is 12.8. The van der Waals surface area contributed by atoms with E-state index in [1.54, 1.807) is 37.6 Å². The van der Waals surface area contributed by atoms with Crippen molar-refractivity contribution in [1.29, 1.82) is 0 Å². The van der Waals surface area contributed by atoms with Crippen LogP contribution in [0.25, 0.3) is 0 Å². The molecule has 2 heterocycles. The number of carbonyl (C=O) groups excluding carboxylic acids is 2. The molecule has 8 heteroatoms. The van der Waals surface area contributed by atoms with Gasteiger partial charge >= 0.3 is 5.97 Å². The Bertz CT molecular complexity index is 1010. The van der Waals surface area contributed by atoms with E-state index in [2.05, 4.69) is 15.3 Å².